The highest BCUT2D eigenvalue weighted by Gasteiger charge is 2.36. The smallest absolute Gasteiger partial charge is 0.290 e. The van der Waals surface area contributed by atoms with Crippen molar-refractivity contribution in [2.75, 3.05) is 31.9 Å². The average molecular weight is 413 g/mol. The number of nitrogens with zero attached hydrogens (tertiary/aromatic N) is 2. The predicted octanol–water partition coefficient (Wildman–Crippen LogP) is 0.439. The van der Waals surface area contributed by atoms with Gasteiger partial charge in [-0.2, -0.15) is 4.31 Å². The maximum atomic E-state index is 12.5. The summed E-state index contributed by atoms with van der Waals surface area (Å²) in [5.41, 5.74) is 0. The summed E-state index contributed by atoms with van der Waals surface area (Å²) in [7, 11) is -3.49. The molecule has 0 bridgehead atoms. The number of likely N-dealkylation sites (tertiary alicyclic amines) is 1. The van der Waals surface area contributed by atoms with Gasteiger partial charge in [0.25, 0.3) is 5.91 Å². The molecule has 0 aliphatic carbocycles. The fraction of sp³-hybridized carbons (Fsp3) is 0.667. The summed E-state index contributed by atoms with van der Waals surface area (Å²) in [6, 6.07) is 2.58. The van der Waals surface area contributed by atoms with E-state index < -0.39 is 16.1 Å². The zero-order valence-corrected chi connectivity index (χ0v) is 17.0. The second-order valence-electron chi connectivity index (χ2n) is 7.32. The van der Waals surface area contributed by atoms with Crippen LogP contribution in [0.2, 0.25) is 0 Å². The molecular formula is C18H27N3O6S. The van der Waals surface area contributed by atoms with E-state index >= 15 is 0 Å². The number of rotatable bonds is 6. The molecule has 9 nitrogen and oxygen atoms in total. The van der Waals surface area contributed by atoms with Gasteiger partial charge < -0.3 is 19.4 Å². The number of sulfonamides is 1. The molecule has 3 atom stereocenters. The van der Waals surface area contributed by atoms with Gasteiger partial charge in [-0.05, 0) is 38.8 Å². The third-order valence-electron chi connectivity index (χ3n) is 4.99. The molecule has 28 heavy (non-hydrogen) atoms. The molecule has 0 saturated carbocycles. The number of hydrogen-bond acceptors (Lipinski definition) is 6. The first-order valence-corrected chi connectivity index (χ1v) is 11.1. The molecule has 0 radical (unpaired) electrons. The molecule has 1 aromatic rings. The standard InChI is InChI=1S/C18H27N3O6S/c1-13-11-20(12-14(2)27-13)28(24,25)10-7-19-17(22)15-5-3-8-21(15)18(23)16-6-4-9-26-16/h4,6,9,13-15H,3,5,7-8,10-12H2,1-2H3,(H,19,22). The Morgan fingerprint density at radius 2 is 1.96 bits per heavy atom. The van der Waals surface area contributed by atoms with E-state index in [0.29, 0.717) is 32.5 Å². The fourth-order valence-corrected chi connectivity index (χ4v) is 5.22. The van der Waals surface area contributed by atoms with Gasteiger partial charge in [-0.25, -0.2) is 8.42 Å². The first-order chi connectivity index (χ1) is 13.3. The molecule has 1 N–H and O–H groups in total. The SMILES string of the molecule is CC1CN(S(=O)(=O)CCNC(=O)C2CCCN2C(=O)c2ccco2)CC(C)O1. The number of hydrogen-bond donors (Lipinski definition) is 1. The van der Waals surface area contributed by atoms with Crippen LogP contribution in [0.5, 0.6) is 0 Å². The summed E-state index contributed by atoms with van der Waals surface area (Å²) < 4.78 is 37.2. The van der Waals surface area contributed by atoms with Crippen molar-refractivity contribution in [1.82, 2.24) is 14.5 Å². The van der Waals surface area contributed by atoms with Crippen molar-refractivity contribution in [3.05, 3.63) is 24.2 Å². The third-order valence-corrected chi connectivity index (χ3v) is 6.79. The molecule has 3 rings (SSSR count). The summed E-state index contributed by atoms with van der Waals surface area (Å²) in [5, 5.41) is 2.67. The summed E-state index contributed by atoms with van der Waals surface area (Å²) in [6.45, 7) is 4.78. The lowest BCUT2D eigenvalue weighted by atomic mass is 10.2. The number of morpholine rings is 1. The Morgan fingerprint density at radius 1 is 1.25 bits per heavy atom. The number of carbonyl (C=O) groups is 2. The zero-order valence-electron chi connectivity index (χ0n) is 16.2. The molecule has 10 heteroatoms. The van der Waals surface area contributed by atoms with Crippen LogP contribution in [0.3, 0.4) is 0 Å². The number of nitrogens with one attached hydrogen (secondary N) is 1. The molecular weight excluding hydrogens is 386 g/mol. The van der Waals surface area contributed by atoms with E-state index in [2.05, 4.69) is 5.32 Å². The van der Waals surface area contributed by atoms with Crippen LogP contribution in [0.1, 0.15) is 37.2 Å². The van der Waals surface area contributed by atoms with E-state index in [9.17, 15) is 18.0 Å². The molecule has 3 unspecified atom stereocenters. The summed E-state index contributed by atoms with van der Waals surface area (Å²) in [4.78, 5) is 26.5. The van der Waals surface area contributed by atoms with E-state index in [4.69, 9.17) is 9.15 Å². The monoisotopic (exact) mass is 413 g/mol. The highest BCUT2D eigenvalue weighted by Crippen LogP contribution is 2.20. The molecule has 3 heterocycles. The molecule has 0 spiro atoms. The van der Waals surface area contributed by atoms with Crippen molar-refractivity contribution in [2.45, 2.75) is 44.9 Å². The maximum absolute atomic E-state index is 12.5. The van der Waals surface area contributed by atoms with Crippen molar-refractivity contribution >= 4 is 21.8 Å². The van der Waals surface area contributed by atoms with Crippen LogP contribution in [0, 0.1) is 0 Å². The second-order valence-corrected chi connectivity index (χ2v) is 9.40. The van der Waals surface area contributed by atoms with Crippen LogP contribution in [-0.4, -0.2) is 79.6 Å². The molecule has 2 saturated heterocycles. The molecule has 1 aromatic heterocycles. The number of carbonyl (C=O) groups excluding carboxylic acids is 2. The number of furan rings is 1. The van der Waals surface area contributed by atoms with E-state index in [0.717, 1.165) is 0 Å². The maximum Gasteiger partial charge on any atom is 0.290 e. The minimum Gasteiger partial charge on any atom is -0.459 e. The Bertz CT molecular complexity index is 784. The topological polar surface area (TPSA) is 109 Å². The summed E-state index contributed by atoms with van der Waals surface area (Å²) >= 11 is 0. The van der Waals surface area contributed by atoms with Crippen molar-refractivity contribution < 1.29 is 27.2 Å². The van der Waals surface area contributed by atoms with Crippen LogP contribution in [-0.2, 0) is 19.6 Å². The van der Waals surface area contributed by atoms with Crippen molar-refractivity contribution in [3.8, 4) is 0 Å². The Morgan fingerprint density at radius 3 is 2.61 bits per heavy atom. The molecule has 2 aliphatic heterocycles. The van der Waals surface area contributed by atoms with Gasteiger partial charge in [0, 0.05) is 26.2 Å². The van der Waals surface area contributed by atoms with Gasteiger partial charge in [0.1, 0.15) is 6.04 Å². The van der Waals surface area contributed by atoms with Crippen LogP contribution in [0.15, 0.2) is 22.8 Å². The van der Waals surface area contributed by atoms with Gasteiger partial charge in [-0.1, -0.05) is 0 Å². The average Bonchev–Trinajstić information content (AvgIpc) is 3.32. The number of ether oxygens (including phenoxy) is 1. The van der Waals surface area contributed by atoms with Gasteiger partial charge in [0.05, 0.1) is 24.2 Å². The van der Waals surface area contributed by atoms with E-state index in [-0.39, 0.29) is 42.1 Å². The lowest BCUT2D eigenvalue weighted by Gasteiger charge is -2.34. The van der Waals surface area contributed by atoms with Gasteiger partial charge in [-0.15, -0.1) is 0 Å². The Kier molecular flexibility index (Phi) is 6.41. The summed E-state index contributed by atoms with van der Waals surface area (Å²) in [5.74, 6) is -0.655. The highest BCUT2D eigenvalue weighted by molar-refractivity contribution is 7.89. The molecule has 2 fully saturated rings. The normalized spacial score (nSPS) is 26.4. The minimum absolute atomic E-state index is 0.000564. The second kappa shape index (κ2) is 8.62. The first kappa shape index (κ1) is 20.8. The fourth-order valence-electron chi connectivity index (χ4n) is 3.73. The molecule has 156 valence electrons. The number of amides is 2. The lowest BCUT2D eigenvalue weighted by molar-refractivity contribution is -0.124. The Hall–Kier alpha value is -1.91. The van der Waals surface area contributed by atoms with Gasteiger partial charge in [-0.3, -0.25) is 9.59 Å². The molecule has 0 aromatic carbocycles. The van der Waals surface area contributed by atoms with E-state index in [1.54, 1.807) is 12.1 Å². The summed E-state index contributed by atoms with van der Waals surface area (Å²) in [6.07, 6.45) is 2.35. The third kappa shape index (κ3) is 4.73. The molecule has 2 amide bonds. The quantitative estimate of drug-likeness (QED) is 0.725. The van der Waals surface area contributed by atoms with Crippen molar-refractivity contribution in [3.63, 3.8) is 0 Å². The van der Waals surface area contributed by atoms with Crippen LogP contribution < -0.4 is 5.32 Å². The lowest BCUT2D eigenvalue weighted by Crippen LogP contribution is -2.50. The van der Waals surface area contributed by atoms with Crippen LogP contribution in [0.25, 0.3) is 0 Å². The minimum atomic E-state index is -3.49. The Balaban J connectivity index is 1.53. The van der Waals surface area contributed by atoms with Gasteiger partial charge in [0.15, 0.2) is 5.76 Å². The van der Waals surface area contributed by atoms with Gasteiger partial charge in [0.2, 0.25) is 15.9 Å². The first-order valence-electron chi connectivity index (χ1n) is 9.53. The van der Waals surface area contributed by atoms with Crippen molar-refractivity contribution in [1.29, 1.82) is 0 Å². The van der Waals surface area contributed by atoms with E-state index in [1.165, 1.54) is 15.5 Å². The van der Waals surface area contributed by atoms with Crippen LogP contribution in [0.4, 0.5) is 0 Å². The predicted molar refractivity (Wildman–Crippen MR) is 101 cm³/mol. The molecule has 2 aliphatic rings. The Labute approximate surface area is 165 Å². The van der Waals surface area contributed by atoms with Crippen molar-refractivity contribution in [2.24, 2.45) is 0 Å². The largest absolute Gasteiger partial charge is 0.459 e. The zero-order chi connectivity index (χ0) is 20.3. The van der Waals surface area contributed by atoms with Gasteiger partial charge >= 0.3 is 0 Å². The van der Waals surface area contributed by atoms with E-state index in [1.807, 2.05) is 13.8 Å². The van der Waals surface area contributed by atoms with Crippen LogP contribution >= 0.6 is 0 Å². The highest BCUT2D eigenvalue weighted by atomic mass is 32.2.